The van der Waals surface area contributed by atoms with Crippen LogP contribution in [0, 0.1) is 12.7 Å². The van der Waals surface area contributed by atoms with Crippen LogP contribution in [0.5, 0.6) is 0 Å². The number of aryl methyl sites for hydroxylation is 1. The predicted octanol–water partition coefficient (Wildman–Crippen LogP) is 0.863. The quantitative estimate of drug-likeness (QED) is 0.761. The number of nitrogens with one attached hydrogen (secondary N) is 1. The number of nitrogens with zero attached hydrogens (tertiary/aromatic N) is 1. The van der Waals surface area contributed by atoms with Crippen molar-refractivity contribution >= 4 is 21.6 Å². The highest BCUT2D eigenvalue weighted by atomic mass is 32.2. The molecule has 0 bridgehead atoms. The largest absolute Gasteiger partial charge is 0.399 e. The van der Waals surface area contributed by atoms with Crippen LogP contribution in [-0.2, 0) is 14.8 Å². The van der Waals surface area contributed by atoms with Crippen LogP contribution < -0.4 is 11.1 Å². The number of anilines is 1. The molecule has 0 aliphatic rings. The molecule has 0 saturated carbocycles. The number of halogens is 1. The third-order valence-corrected chi connectivity index (χ3v) is 4.83. The molecule has 8 heteroatoms. The first-order valence-electron chi connectivity index (χ1n) is 6.56. The number of carbonyl (C=O) groups is 1. The first-order chi connectivity index (χ1) is 9.73. The second kappa shape index (κ2) is 6.86. The van der Waals surface area contributed by atoms with E-state index in [1.54, 1.807) is 13.8 Å². The lowest BCUT2D eigenvalue weighted by Crippen LogP contribution is -2.40. The molecule has 0 heterocycles. The van der Waals surface area contributed by atoms with Crippen LogP contribution in [0.4, 0.5) is 10.1 Å². The summed E-state index contributed by atoms with van der Waals surface area (Å²) in [6, 6.07) is 2.42. The average molecular weight is 317 g/mol. The minimum Gasteiger partial charge on any atom is -0.399 e. The van der Waals surface area contributed by atoms with E-state index >= 15 is 0 Å². The van der Waals surface area contributed by atoms with Crippen LogP contribution in [0.2, 0.25) is 0 Å². The summed E-state index contributed by atoms with van der Waals surface area (Å²) < 4.78 is 40.0. The smallest absolute Gasteiger partial charge is 0.246 e. The van der Waals surface area contributed by atoms with Crippen LogP contribution in [0.1, 0.15) is 19.4 Å². The molecule has 0 saturated heterocycles. The van der Waals surface area contributed by atoms with Gasteiger partial charge in [0.15, 0.2) is 0 Å². The first kappa shape index (κ1) is 17.4. The minimum atomic E-state index is -4.12. The Morgan fingerprint density at radius 2 is 2.00 bits per heavy atom. The number of amides is 1. The molecule has 118 valence electrons. The van der Waals surface area contributed by atoms with Gasteiger partial charge in [-0.1, -0.05) is 6.92 Å². The normalized spacial score (nSPS) is 11.7. The van der Waals surface area contributed by atoms with Crippen molar-refractivity contribution in [3.05, 3.63) is 23.5 Å². The summed E-state index contributed by atoms with van der Waals surface area (Å²) in [5.74, 6) is -1.29. The zero-order valence-electron chi connectivity index (χ0n) is 12.3. The maximum absolute atomic E-state index is 14.1. The highest BCUT2D eigenvalue weighted by Gasteiger charge is 2.29. The Balaban J connectivity index is 3.22. The Morgan fingerprint density at radius 1 is 1.38 bits per heavy atom. The minimum absolute atomic E-state index is 0.0484. The first-order valence-corrected chi connectivity index (χ1v) is 8.00. The molecule has 0 atom stereocenters. The van der Waals surface area contributed by atoms with Crippen LogP contribution in [0.3, 0.4) is 0 Å². The van der Waals surface area contributed by atoms with E-state index in [1.807, 2.05) is 0 Å². The second-order valence-corrected chi connectivity index (χ2v) is 6.44. The van der Waals surface area contributed by atoms with Crippen molar-refractivity contribution in [2.45, 2.75) is 25.7 Å². The molecule has 1 amide bonds. The molecule has 0 aliphatic carbocycles. The molecule has 0 fully saturated rings. The van der Waals surface area contributed by atoms with Crippen molar-refractivity contribution in [2.75, 3.05) is 25.4 Å². The highest BCUT2D eigenvalue weighted by molar-refractivity contribution is 7.89. The van der Waals surface area contributed by atoms with Crippen LogP contribution >= 0.6 is 0 Å². The zero-order valence-corrected chi connectivity index (χ0v) is 13.1. The SMILES string of the molecule is CCNC(=O)CN(CC)S(=O)(=O)c1cc(N)cc(C)c1F. The average Bonchev–Trinajstić information content (AvgIpc) is 2.40. The van der Waals surface area contributed by atoms with E-state index in [9.17, 15) is 17.6 Å². The summed E-state index contributed by atoms with van der Waals surface area (Å²) in [6.07, 6.45) is 0. The van der Waals surface area contributed by atoms with Crippen molar-refractivity contribution in [1.82, 2.24) is 9.62 Å². The van der Waals surface area contributed by atoms with Gasteiger partial charge in [0.25, 0.3) is 0 Å². The number of carbonyl (C=O) groups excluding carboxylic acids is 1. The van der Waals surface area contributed by atoms with Gasteiger partial charge in [0.05, 0.1) is 6.54 Å². The van der Waals surface area contributed by atoms with Gasteiger partial charge in [-0.3, -0.25) is 4.79 Å². The monoisotopic (exact) mass is 317 g/mol. The number of hydrogen-bond donors (Lipinski definition) is 2. The lowest BCUT2D eigenvalue weighted by atomic mass is 10.2. The number of rotatable bonds is 6. The van der Waals surface area contributed by atoms with Gasteiger partial charge in [-0.15, -0.1) is 0 Å². The zero-order chi connectivity index (χ0) is 16.2. The lowest BCUT2D eigenvalue weighted by Gasteiger charge is -2.21. The van der Waals surface area contributed by atoms with E-state index in [4.69, 9.17) is 5.73 Å². The van der Waals surface area contributed by atoms with Crippen molar-refractivity contribution < 1.29 is 17.6 Å². The standard InChI is InChI=1S/C13H20FN3O3S/c1-4-16-12(18)8-17(5-2)21(19,20)11-7-10(15)6-9(3)13(11)14/h6-7H,4-5,8,15H2,1-3H3,(H,16,18). The van der Waals surface area contributed by atoms with E-state index in [2.05, 4.69) is 5.32 Å². The third kappa shape index (κ3) is 3.92. The fraction of sp³-hybridized carbons (Fsp3) is 0.462. The predicted molar refractivity (Wildman–Crippen MR) is 78.7 cm³/mol. The maximum Gasteiger partial charge on any atom is 0.246 e. The summed E-state index contributed by atoms with van der Waals surface area (Å²) in [6.45, 7) is 4.82. The third-order valence-electron chi connectivity index (χ3n) is 2.91. The molecule has 1 aromatic rings. The maximum atomic E-state index is 14.1. The van der Waals surface area contributed by atoms with Gasteiger partial charge in [0.2, 0.25) is 15.9 Å². The lowest BCUT2D eigenvalue weighted by molar-refractivity contribution is -0.121. The van der Waals surface area contributed by atoms with E-state index in [0.29, 0.717) is 6.54 Å². The fourth-order valence-electron chi connectivity index (χ4n) is 1.87. The van der Waals surface area contributed by atoms with E-state index < -0.39 is 26.6 Å². The van der Waals surface area contributed by atoms with Crippen molar-refractivity contribution in [2.24, 2.45) is 0 Å². The van der Waals surface area contributed by atoms with Crippen molar-refractivity contribution in [3.8, 4) is 0 Å². The molecule has 0 aromatic heterocycles. The van der Waals surface area contributed by atoms with Gasteiger partial charge in [0.1, 0.15) is 10.7 Å². The van der Waals surface area contributed by atoms with Gasteiger partial charge in [0, 0.05) is 18.8 Å². The Kier molecular flexibility index (Phi) is 5.68. The summed E-state index contributed by atoms with van der Waals surface area (Å²) >= 11 is 0. The summed E-state index contributed by atoms with van der Waals surface area (Å²) in [4.78, 5) is 11.1. The molecular weight excluding hydrogens is 297 g/mol. The number of sulfonamides is 1. The van der Waals surface area contributed by atoms with Crippen LogP contribution in [-0.4, -0.2) is 38.3 Å². The summed E-state index contributed by atoms with van der Waals surface area (Å²) in [5.41, 5.74) is 5.88. The number of hydrogen-bond acceptors (Lipinski definition) is 4. The Morgan fingerprint density at radius 3 is 2.52 bits per heavy atom. The van der Waals surface area contributed by atoms with Gasteiger partial charge >= 0.3 is 0 Å². The molecule has 6 nitrogen and oxygen atoms in total. The topological polar surface area (TPSA) is 92.5 Å². The molecule has 1 aromatic carbocycles. The Hall–Kier alpha value is -1.67. The van der Waals surface area contributed by atoms with E-state index in [-0.39, 0.29) is 24.3 Å². The molecule has 1 rings (SSSR count). The highest BCUT2D eigenvalue weighted by Crippen LogP contribution is 2.24. The second-order valence-electron chi connectivity index (χ2n) is 4.53. The van der Waals surface area contributed by atoms with Crippen LogP contribution in [0.15, 0.2) is 17.0 Å². The van der Waals surface area contributed by atoms with E-state index in [0.717, 1.165) is 10.4 Å². The fourth-order valence-corrected chi connectivity index (χ4v) is 3.45. The summed E-state index contributed by atoms with van der Waals surface area (Å²) in [5, 5.41) is 2.51. The Labute approximate surface area is 124 Å². The molecule has 21 heavy (non-hydrogen) atoms. The number of likely N-dealkylation sites (N-methyl/N-ethyl adjacent to an activating group) is 2. The molecule has 0 radical (unpaired) electrons. The molecular formula is C13H20FN3O3S. The van der Waals surface area contributed by atoms with Gasteiger partial charge in [-0.05, 0) is 31.5 Å². The molecule has 3 N–H and O–H groups in total. The van der Waals surface area contributed by atoms with Gasteiger partial charge in [-0.25, -0.2) is 12.8 Å². The molecule has 0 unspecified atom stereocenters. The number of benzene rings is 1. The molecule has 0 aliphatic heterocycles. The summed E-state index contributed by atoms with van der Waals surface area (Å²) in [7, 11) is -4.12. The molecule has 0 spiro atoms. The van der Waals surface area contributed by atoms with Gasteiger partial charge < -0.3 is 11.1 Å². The van der Waals surface area contributed by atoms with Crippen LogP contribution in [0.25, 0.3) is 0 Å². The van der Waals surface area contributed by atoms with Gasteiger partial charge in [-0.2, -0.15) is 4.31 Å². The number of nitrogen functional groups attached to an aromatic ring is 1. The van der Waals surface area contributed by atoms with Crippen molar-refractivity contribution in [3.63, 3.8) is 0 Å². The van der Waals surface area contributed by atoms with Crippen molar-refractivity contribution in [1.29, 1.82) is 0 Å². The Bertz CT molecular complexity index is 632. The van der Waals surface area contributed by atoms with E-state index in [1.165, 1.54) is 13.0 Å². The number of nitrogens with two attached hydrogens (primary N) is 1.